The maximum absolute atomic E-state index is 12.0. The Bertz CT molecular complexity index is 655. The lowest BCUT2D eigenvalue weighted by Gasteiger charge is -2.08. The van der Waals surface area contributed by atoms with Gasteiger partial charge in [-0.1, -0.05) is 13.0 Å². The lowest BCUT2D eigenvalue weighted by Crippen LogP contribution is -2.17. The number of carboxylic acids is 1. The van der Waals surface area contributed by atoms with Gasteiger partial charge < -0.3 is 9.67 Å². The minimum Gasteiger partial charge on any atom is -0.477 e. The third kappa shape index (κ3) is 1.82. The van der Waals surface area contributed by atoms with Crippen LogP contribution in [-0.4, -0.2) is 15.6 Å². The lowest BCUT2D eigenvalue weighted by molar-refractivity contribution is 0.0695. The Hall–Kier alpha value is -2.10. The zero-order valence-corrected chi connectivity index (χ0v) is 9.73. The first-order valence-corrected chi connectivity index (χ1v) is 5.40. The smallest absolute Gasteiger partial charge is 0.341 e. The normalized spacial score (nSPS) is 10.7. The van der Waals surface area contributed by atoms with Crippen LogP contribution in [-0.2, 0) is 13.5 Å². The molecule has 17 heavy (non-hydrogen) atoms. The van der Waals surface area contributed by atoms with Crippen LogP contribution in [0.1, 0.15) is 22.8 Å². The number of carbonyl (C=O) groups is 1. The van der Waals surface area contributed by atoms with Crippen LogP contribution in [0.3, 0.4) is 0 Å². The highest BCUT2D eigenvalue weighted by Crippen LogP contribution is 2.13. The van der Waals surface area contributed by atoms with Gasteiger partial charge in [-0.3, -0.25) is 4.79 Å². The van der Waals surface area contributed by atoms with Gasteiger partial charge in [0.2, 0.25) is 5.43 Å². The van der Waals surface area contributed by atoms with Crippen LogP contribution in [0.2, 0.25) is 0 Å². The maximum Gasteiger partial charge on any atom is 0.341 e. The second-order valence-corrected chi connectivity index (χ2v) is 3.99. The van der Waals surface area contributed by atoms with Crippen LogP contribution in [0.4, 0.5) is 0 Å². The maximum atomic E-state index is 12.0. The number of hydrogen-bond donors (Lipinski definition) is 1. The molecule has 0 fully saturated rings. The van der Waals surface area contributed by atoms with Crippen molar-refractivity contribution >= 4 is 16.9 Å². The molecule has 0 aliphatic heterocycles. The highest BCUT2D eigenvalue weighted by atomic mass is 16.4. The molecule has 1 N–H and O–H groups in total. The number of hydrogen-bond acceptors (Lipinski definition) is 2. The lowest BCUT2D eigenvalue weighted by atomic mass is 10.1. The van der Waals surface area contributed by atoms with E-state index in [1.54, 1.807) is 17.7 Å². The number of nitrogens with zero attached hydrogens (tertiary/aromatic N) is 1. The monoisotopic (exact) mass is 231 g/mol. The average molecular weight is 231 g/mol. The number of aryl methyl sites for hydroxylation is 2. The molecule has 2 rings (SSSR count). The van der Waals surface area contributed by atoms with Crippen molar-refractivity contribution in [2.24, 2.45) is 7.05 Å². The van der Waals surface area contributed by atoms with Gasteiger partial charge in [-0.15, -0.1) is 0 Å². The molecule has 0 aliphatic carbocycles. The summed E-state index contributed by atoms with van der Waals surface area (Å²) in [6.45, 7) is 1.99. The highest BCUT2D eigenvalue weighted by Gasteiger charge is 2.13. The van der Waals surface area contributed by atoms with Gasteiger partial charge in [0.25, 0.3) is 0 Å². The Morgan fingerprint density at radius 2 is 2.12 bits per heavy atom. The van der Waals surface area contributed by atoms with E-state index in [4.69, 9.17) is 5.11 Å². The molecule has 88 valence electrons. The number of pyridine rings is 1. The molecule has 0 aliphatic rings. The molecule has 4 heteroatoms. The predicted molar refractivity (Wildman–Crippen MR) is 65.5 cm³/mol. The fourth-order valence-corrected chi connectivity index (χ4v) is 1.91. The second kappa shape index (κ2) is 4.05. The Labute approximate surface area is 98.1 Å². The van der Waals surface area contributed by atoms with Crippen LogP contribution in [0.25, 0.3) is 10.9 Å². The first-order valence-electron chi connectivity index (χ1n) is 5.40. The van der Waals surface area contributed by atoms with Crippen LogP contribution < -0.4 is 5.43 Å². The second-order valence-electron chi connectivity index (χ2n) is 3.99. The zero-order chi connectivity index (χ0) is 12.6. The summed E-state index contributed by atoms with van der Waals surface area (Å²) in [4.78, 5) is 23.0. The summed E-state index contributed by atoms with van der Waals surface area (Å²) in [6, 6.07) is 5.56. The first-order chi connectivity index (χ1) is 8.04. The molecule has 1 aromatic heterocycles. The van der Waals surface area contributed by atoms with E-state index < -0.39 is 11.4 Å². The molecule has 0 unspecified atom stereocenters. The van der Waals surface area contributed by atoms with E-state index in [0.717, 1.165) is 17.5 Å². The fraction of sp³-hybridized carbons (Fsp3) is 0.231. The molecule has 0 saturated carbocycles. The Morgan fingerprint density at radius 3 is 2.71 bits per heavy atom. The number of aromatic nitrogens is 1. The van der Waals surface area contributed by atoms with E-state index in [1.807, 2.05) is 19.1 Å². The zero-order valence-electron chi connectivity index (χ0n) is 9.73. The molecule has 1 aromatic carbocycles. The molecular formula is C13H13NO3. The van der Waals surface area contributed by atoms with E-state index in [9.17, 15) is 9.59 Å². The summed E-state index contributed by atoms with van der Waals surface area (Å²) in [5.41, 5.74) is 1.17. The quantitative estimate of drug-likeness (QED) is 0.857. The number of benzene rings is 1. The van der Waals surface area contributed by atoms with Crippen molar-refractivity contribution in [2.45, 2.75) is 13.3 Å². The molecule has 0 amide bonds. The van der Waals surface area contributed by atoms with Crippen LogP contribution in [0, 0.1) is 0 Å². The summed E-state index contributed by atoms with van der Waals surface area (Å²) in [6.07, 6.45) is 2.18. The fourth-order valence-electron chi connectivity index (χ4n) is 1.91. The minimum absolute atomic E-state index is 0.187. The van der Waals surface area contributed by atoms with Crippen molar-refractivity contribution in [2.75, 3.05) is 0 Å². The molecule has 0 radical (unpaired) electrons. The topological polar surface area (TPSA) is 59.3 Å². The van der Waals surface area contributed by atoms with Crippen molar-refractivity contribution in [3.05, 3.63) is 45.7 Å². The predicted octanol–water partition coefficient (Wildman–Crippen LogP) is 1.80. The highest BCUT2D eigenvalue weighted by molar-refractivity contribution is 5.92. The van der Waals surface area contributed by atoms with Crippen molar-refractivity contribution in [1.82, 2.24) is 4.57 Å². The van der Waals surface area contributed by atoms with E-state index >= 15 is 0 Å². The Kier molecular flexibility index (Phi) is 2.71. The number of aromatic carboxylic acids is 1. The standard InChI is InChI=1S/C13H13NO3/c1-3-8-4-5-11-9(6-8)12(15)10(13(16)17)7-14(11)2/h4-7H,3H2,1-2H3,(H,16,17). The molecule has 0 bridgehead atoms. The average Bonchev–Trinajstić information content (AvgIpc) is 2.32. The van der Waals surface area contributed by atoms with Gasteiger partial charge in [-0.25, -0.2) is 4.79 Å². The molecule has 0 spiro atoms. The van der Waals surface area contributed by atoms with E-state index in [1.165, 1.54) is 6.20 Å². The van der Waals surface area contributed by atoms with E-state index in [2.05, 4.69) is 0 Å². The van der Waals surface area contributed by atoms with Gasteiger partial charge in [-0.05, 0) is 24.1 Å². The van der Waals surface area contributed by atoms with Gasteiger partial charge in [0, 0.05) is 18.6 Å². The summed E-state index contributed by atoms with van der Waals surface area (Å²) in [5.74, 6) is -1.19. The van der Waals surface area contributed by atoms with Gasteiger partial charge in [0.1, 0.15) is 5.56 Å². The third-order valence-electron chi connectivity index (χ3n) is 2.89. The SMILES string of the molecule is CCc1ccc2c(c1)c(=O)c(C(=O)O)cn2C. The molecule has 1 heterocycles. The number of rotatable bonds is 2. The Balaban J connectivity index is 2.90. The van der Waals surface area contributed by atoms with Crippen molar-refractivity contribution in [1.29, 1.82) is 0 Å². The molecule has 2 aromatic rings. The van der Waals surface area contributed by atoms with Gasteiger partial charge in [0.05, 0.1) is 5.52 Å². The van der Waals surface area contributed by atoms with E-state index in [0.29, 0.717) is 5.39 Å². The summed E-state index contributed by atoms with van der Waals surface area (Å²) in [7, 11) is 1.74. The minimum atomic E-state index is -1.19. The largest absolute Gasteiger partial charge is 0.477 e. The van der Waals surface area contributed by atoms with Crippen LogP contribution in [0.15, 0.2) is 29.2 Å². The summed E-state index contributed by atoms with van der Waals surface area (Å²) >= 11 is 0. The summed E-state index contributed by atoms with van der Waals surface area (Å²) < 4.78 is 1.67. The van der Waals surface area contributed by atoms with Gasteiger partial charge in [-0.2, -0.15) is 0 Å². The third-order valence-corrected chi connectivity index (χ3v) is 2.89. The first kappa shape index (κ1) is 11.4. The molecule has 4 nitrogen and oxygen atoms in total. The van der Waals surface area contributed by atoms with E-state index in [-0.39, 0.29) is 5.56 Å². The van der Waals surface area contributed by atoms with Crippen LogP contribution in [0.5, 0.6) is 0 Å². The van der Waals surface area contributed by atoms with Crippen LogP contribution >= 0.6 is 0 Å². The molecule has 0 atom stereocenters. The number of carboxylic acid groups (broad SMARTS) is 1. The molecular weight excluding hydrogens is 218 g/mol. The number of fused-ring (bicyclic) bond motifs is 1. The van der Waals surface area contributed by atoms with Crippen molar-refractivity contribution in [3.8, 4) is 0 Å². The summed E-state index contributed by atoms with van der Waals surface area (Å²) in [5, 5.41) is 9.43. The van der Waals surface area contributed by atoms with Crippen molar-refractivity contribution in [3.63, 3.8) is 0 Å². The van der Waals surface area contributed by atoms with Gasteiger partial charge in [0.15, 0.2) is 0 Å². The van der Waals surface area contributed by atoms with Crippen molar-refractivity contribution < 1.29 is 9.90 Å². The van der Waals surface area contributed by atoms with Gasteiger partial charge >= 0.3 is 5.97 Å². The Morgan fingerprint density at radius 1 is 1.41 bits per heavy atom. The molecule has 0 saturated heterocycles.